The Bertz CT molecular complexity index is 691. The summed E-state index contributed by atoms with van der Waals surface area (Å²) < 4.78 is 11.3. The molecule has 2 aromatic rings. The first-order valence-corrected chi connectivity index (χ1v) is 11.2. The summed E-state index contributed by atoms with van der Waals surface area (Å²) in [5.41, 5.74) is 2.57. The smallest absolute Gasteiger partial charge is 0.191 e. The van der Waals surface area contributed by atoms with Crippen molar-refractivity contribution in [1.82, 2.24) is 10.6 Å². The largest absolute Gasteiger partial charge is 0.381 e. The number of rotatable bonds is 10. The van der Waals surface area contributed by atoms with E-state index in [2.05, 4.69) is 78.2 Å². The van der Waals surface area contributed by atoms with E-state index >= 15 is 0 Å². The van der Waals surface area contributed by atoms with Crippen molar-refractivity contribution in [2.45, 2.75) is 38.2 Å². The van der Waals surface area contributed by atoms with Crippen LogP contribution in [-0.2, 0) is 9.47 Å². The SMILES string of the molecule is CCNC(=NCC(c1ccccc1)c1ccccc1)NCCCOC1CCOCC1. The van der Waals surface area contributed by atoms with Crippen LogP contribution in [0.2, 0.25) is 0 Å². The van der Waals surface area contributed by atoms with E-state index in [9.17, 15) is 0 Å². The normalized spacial score (nSPS) is 15.3. The summed E-state index contributed by atoms with van der Waals surface area (Å²) in [4.78, 5) is 4.89. The third kappa shape index (κ3) is 7.47. The third-order valence-electron chi connectivity index (χ3n) is 5.32. The molecular formula is C25H35N3O2. The molecule has 0 saturated carbocycles. The fourth-order valence-corrected chi connectivity index (χ4v) is 3.67. The molecule has 1 heterocycles. The summed E-state index contributed by atoms with van der Waals surface area (Å²) in [5, 5.41) is 6.81. The van der Waals surface area contributed by atoms with Crippen molar-refractivity contribution in [2.24, 2.45) is 4.99 Å². The van der Waals surface area contributed by atoms with E-state index in [1.807, 2.05) is 0 Å². The molecule has 162 valence electrons. The Morgan fingerprint density at radius 1 is 1.00 bits per heavy atom. The molecule has 0 bridgehead atoms. The van der Waals surface area contributed by atoms with Gasteiger partial charge in [0.25, 0.3) is 0 Å². The van der Waals surface area contributed by atoms with Crippen LogP contribution < -0.4 is 10.6 Å². The van der Waals surface area contributed by atoms with Gasteiger partial charge in [-0.15, -0.1) is 0 Å². The summed E-state index contributed by atoms with van der Waals surface area (Å²) >= 11 is 0. The Hall–Kier alpha value is -2.37. The zero-order valence-corrected chi connectivity index (χ0v) is 18.1. The van der Waals surface area contributed by atoms with Crippen molar-refractivity contribution in [1.29, 1.82) is 0 Å². The quantitative estimate of drug-likeness (QED) is 0.354. The number of hydrogen-bond acceptors (Lipinski definition) is 3. The monoisotopic (exact) mass is 409 g/mol. The molecule has 0 spiro atoms. The molecule has 5 heteroatoms. The molecule has 5 nitrogen and oxygen atoms in total. The van der Waals surface area contributed by atoms with Crippen LogP contribution >= 0.6 is 0 Å². The van der Waals surface area contributed by atoms with Gasteiger partial charge in [0.05, 0.1) is 12.6 Å². The lowest BCUT2D eigenvalue weighted by molar-refractivity contribution is -0.0320. The number of ether oxygens (including phenoxy) is 2. The van der Waals surface area contributed by atoms with E-state index in [1.165, 1.54) is 11.1 Å². The first-order valence-electron chi connectivity index (χ1n) is 11.2. The zero-order chi connectivity index (χ0) is 20.9. The van der Waals surface area contributed by atoms with Gasteiger partial charge >= 0.3 is 0 Å². The van der Waals surface area contributed by atoms with E-state index in [0.29, 0.717) is 12.6 Å². The van der Waals surface area contributed by atoms with Crippen molar-refractivity contribution in [3.63, 3.8) is 0 Å². The maximum Gasteiger partial charge on any atom is 0.191 e. The minimum Gasteiger partial charge on any atom is -0.381 e. The zero-order valence-electron chi connectivity index (χ0n) is 18.1. The molecule has 0 aromatic heterocycles. The predicted molar refractivity (Wildman–Crippen MR) is 123 cm³/mol. The molecule has 1 aliphatic rings. The van der Waals surface area contributed by atoms with Gasteiger partial charge in [0.15, 0.2) is 5.96 Å². The second-order valence-corrected chi connectivity index (χ2v) is 7.56. The molecule has 1 saturated heterocycles. The van der Waals surface area contributed by atoms with Gasteiger partial charge < -0.3 is 20.1 Å². The molecule has 0 radical (unpaired) electrons. The topological polar surface area (TPSA) is 54.9 Å². The summed E-state index contributed by atoms with van der Waals surface area (Å²) in [6.07, 6.45) is 3.34. The van der Waals surface area contributed by atoms with Crippen molar-refractivity contribution < 1.29 is 9.47 Å². The van der Waals surface area contributed by atoms with Crippen molar-refractivity contribution in [3.05, 3.63) is 71.8 Å². The van der Waals surface area contributed by atoms with Crippen LogP contribution in [0.1, 0.15) is 43.2 Å². The van der Waals surface area contributed by atoms with E-state index < -0.39 is 0 Å². The second-order valence-electron chi connectivity index (χ2n) is 7.56. The lowest BCUT2D eigenvalue weighted by Gasteiger charge is -2.22. The average molecular weight is 410 g/mol. The number of guanidine groups is 1. The van der Waals surface area contributed by atoms with Crippen molar-refractivity contribution in [2.75, 3.05) is 39.5 Å². The van der Waals surface area contributed by atoms with Crippen LogP contribution in [0.15, 0.2) is 65.7 Å². The van der Waals surface area contributed by atoms with Crippen LogP contribution in [-0.4, -0.2) is 51.5 Å². The Balaban J connectivity index is 1.53. The van der Waals surface area contributed by atoms with Crippen LogP contribution in [0.4, 0.5) is 0 Å². The Kier molecular flexibility index (Phi) is 9.70. The van der Waals surface area contributed by atoms with Crippen LogP contribution in [0.25, 0.3) is 0 Å². The molecule has 2 N–H and O–H groups in total. The number of aliphatic imine (C=N–C) groups is 1. The van der Waals surface area contributed by atoms with E-state index in [-0.39, 0.29) is 5.92 Å². The first-order chi connectivity index (χ1) is 14.9. The van der Waals surface area contributed by atoms with Gasteiger partial charge in [-0.2, -0.15) is 0 Å². The molecule has 0 aliphatic carbocycles. The maximum atomic E-state index is 5.96. The fraction of sp³-hybridized carbons (Fsp3) is 0.480. The predicted octanol–water partition coefficient (Wildman–Crippen LogP) is 3.96. The van der Waals surface area contributed by atoms with E-state index in [0.717, 1.165) is 58.1 Å². The molecule has 3 rings (SSSR count). The Morgan fingerprint density at radius 2 is 1.63 bits per heavy atom. The van der Waals surface area contributed by atoms with Gasteiger partial charge in [-0.05, 0) is 37.3 Å². The van der Waals surface area contributed by atoms with E-state index in [1.54, 1.807) is 0 Å². The number of benzene rings is 2. The first kappa shape index (κ1) is 22.3. The van der Waals surface area contributed by atoms with E-state index in [4.69, 9.17) is 14.5 Å². The standard InChI is InChI=1S/C25H35N3O2/c1-2-26-25(27-16-9-17-30-23-14-18-29-19-15-23)28-20-24(21-10-5-3-6-11-21)22-12-7-4-8-13-22/h3-8,10-13,23-24H,2,9,14-20H2,1H3,(H2,26,27,28). The highest BCUT2D eigenvalue weighted by Gasteiger charge is 2.15. The van der Waals surface area contributed by atoms with Gasteiger partial charge in [-0.25, -0.2) is 0 Å². The highest BCUT2D eigenvalue weighted by atomic mass is 16.5. The molecular weight excluding hydrogens is 374 g/mol. The maximum absolute atomic E-state index is 5.96. The van der Waals surface area contributed by atoms with Gasteiger partial charge in [0.1, 0.15) is 0 Å². The molecule has 30 heavy (non-hydrogen) atoms. The summed E-state index contributed by atoms with van der Waals surface area (Å²) in [5.74, 6) is 1.10. The van der Waals surface area contributed by atoms with Gasteiger partial charge in [0.2, 0.25) is 0 Å². The number of hydrogen-bond donors (Lipinski definition) is 2. The van der Waals surface area contributed by atoms with Gasteiger partial charge in [-0.3, -0.25) is 4.99 Å². The second kappa shape index (κ2) is 13.0. The highest BCUT2D eigenvalue weighted by Crippen LogP contribution is 2.24. The minimum absolute atomic E-state index is 0.236. The van der Waals surface area contributed by atoms with Gasteiger partial charge in [0, 0.05) is 38.8 Å². The fourth-order valence-electron chi connectivity index (χ4n) is 3.67. The molecule has 1 aliphatic heterocycles. The summed E-state index contributed by atoms with van der Waals surface area (Å²) in [6.45, 7) is 6.89. The number of nitrogens with zero attached hydrogens (tertiary/aromatic N) is 1. The van der Waals surface area contributed by atoms with Crippen molar-refractivity contribution >= 4 is 5.96 Å². The van der Waals surface area contributed by atoms with Crippen molar-refractivity contribution in [3.8, 4) is 0 Å². The Morgan fingerprint density at radius 3 is 2.23 bits per heavy atom. The number of nitrogens with one attached hydrogen (secondary N) is 2. The molecule has 0 unspecified atom stereocenters. The highest BCUT2D eigenvalue weighted by molar-refractivity contribution is 5.79. The molecule has 0 amide bonds. The third-order valence-corrected chi connectivity index (χ3v) is 5.32. The molecule has 2 aromatic carbocycles. The summed E-state index contributed by atoms with van der Waals surface area (Å²) in [6, 6.07) is 21.2. The lowest BCUT2D eigenvalue weighted by atomic mass is 9.91. The lowest BCUT2D eigenvalue weighted by Crippen LogP contribution is -2.38. The Labute approximate surface area is 180 Å². The van der Waals surface area contributed by atoms with Crippen LogP contribution in [0.3, 0.4) is 0 Å². The minimum atomic E-state index is 0.236. The van der Waals surface area contributed by atoms with Crippen LogP contribution in [0.5, 0.6) is 0 Å². The molecule has 0 atom stereocenters. The average Bonchev–Trinajstić information content (AvgIpc) is 2.81. The van der Waals surface area contributed by atoms with Gasteiger partial charge in [-0.1, -0.05) is 60.7 Å². The summed E-state index contributed by atoms with van der Waals surface area (Å²) in [7, 11) is 0. The molecule has 1 fully saturated rings. The van der Waals surface area contributed by atoms with Crippen LogP contribution in [0, 0.1) is 0 Å².